The first-order valence-electron chi connectivity index (χ1n) is 10.8. The standard InChI is InChI=1S/C25H24F3N3O2/c26-25(27,28)23(20-7-3-4-14-29-20)30-21(32)10-12-24(13-11-22(33)31-24)16-17-8-9-18-5-1-2-6-19(18)15-17/h1-9,14-15,23H,10-13,16H2,(H,30,32)(H,31,33)/t23-,24-/m0/s1. The Kier molecular flexibility index (Phi) is 6.35. The highest BCUT2D eigenvalue weighted by Gasteiger charge is 2.43. The first-order chi connectivity index (χ1) is 15.7. The average molecular weight is 455 g/mol. The molecule has 0 aliphatic carbocycles. The Labute approximate surface area is 189 Å². The summed E-state index contributed by atoms with van der Waals surface area (Å²) in [4.78, 5) is 28.3. The van der Waals surface area contributed by atoms with Crippen molar-refractivity contribution in [2.24, 2.45) is 0 Å². The van der Waals surface area contributed by atoms with E-state index in [0.717, 1.165) is 16.3 Å². The lowest BCUT2D eigenvalue weighted by Gasteiger charge is -2.30. The second-order valence-electron chi connectivity index (χ2n) is 8.48. The van der Waals surface area contributed by atoms with Crippen LogP contribution in [0.4, 0.5) is 13.2 Å². The number of fused-ring (bicyclic) bond motifs is 1. The predicted octanol–water partition coefficient (Wildman–Crippen LogP) is 4.63. The van der Waals surface area contributed by atoms with Crippen LogP contribution in [0.25, 0.3) is 10.8 Å². The van der Waals surface area contributed by atoms with Crippen LogP contribution in [0.15, 0.2) is 66.9 Å². The SMILES string of the molecule is O=C(CC[C@@]1(Cc2ccc3ccccc3c2)CCC(=O)N1)N[C@@H](c1ccccn1)C(F)(F)F. The highest BCUT2D eigenvalue weighted by Crippen LogP contribution is 2.33. The van der Waals surface area contributed by atoms with E-state index in [0.29, 0.717) is 19.3 Å². The Bertz CT molecular complexity index is 1150. The summed E-state index contributed by atoms with van der Waals surface area (Å²) in [6.07, 6.45) is -1.97. The summed E-state index contributed by atoms with van der Waals surface area (Å²) in [5.74, 6) is -0.847. The predicted molar refractivity (Wildman–Crippen MR) is 118 cm³/mol. The lowest BCUT2D eigenvalue weighted by molar-refractivity contribution is -0.164. The molecule has 1 aliphatic rings. The van der Waals surface area contributed by atoms with Crippen LogP contribution in [0.2, 0.25) is 0 Å². The fourth-order valence-corrected chi connectivity index (χ4v) is 4.38. The molecular formula is C25H24F3N3O2. The number of nitrogens with zero attached hydrogens (tertiary/aromatic N) is 1. The minimum Gasteiger partial charge on any atom is -0.350 e. The lowest BCUT2D eigenvalue weighted by Crippen LogP contribution is -2.45. The monoisotopic (exact) mass is 455 g/mol. The van der Waals surface area contributed by atoms with Crippen molar-refractivity contribution in [3.8, 4) is 0 Å². The van der Waals surface area contributed by atoms with Gasteiger partial charge >= 0.3 is 6.18 Å². The van der Waals surface area contributed by atoms with Gasteiger partial charge in [0, 0.05) is 24.6 Å². The maximum Gasteiger partial charge on any atom is 0.414 e. The largest absolute Gasteiger partial charge is 0.414 e. The molecular weight excluding hydrogens is 431 g/mol. The van der Waals surface area contributed by atoms with Gasteiger partial charge in [0.05, 0.1) is 5.69 Å². The second-order valence-corrected chi connectivity index (χ2v) is 8.48. The van der Waals surface area contributed by atoms with Crippen LogP contribution in [0.5, 0.6) is 0 Å². The molecule has 0 radical (unpaired) electrons. The van der Waals surface area contributed by atoms with Gasteiger partial charge in [-0.2, -0.15) is 13.2 Å². The van der Waals surface area contributed by atoms with Gasteiger partial charge in [-0.25, -0.2) is 0 Å². The quantitative estimate of drug-likeness (QED) is 0.546. The van der Waals surface area contributed by atoms with E-state index in [1.807, 2.05) is 42.5 Å². The fraction of sp³-hybridized carbons (Fsp3) is 0.320. The molecule has 2 aromatic carbocycles. The Morgan fingerprint density at radius 1 is 1.09 bits per heavy atom. The molecule has 172 valence electrons. The third-order valence-electron chi connectivity index (χ3n) is 6.04. The summed E-state index contributed by atoms with van der Waals surface area (Å²) in [6.45, 7) is 0. The zero-order valence-corrected chi connectivity index (χ0v) is 17.9. The number of hydrogen-bond donors (Lipinski definition) is 2. The highest BCUT2D eigenvalue weighted by molar-refractivity contribution is 5.83. The first kappa shape index (κ1) is 22.8. The molecule has 2 atom stereocenters. The topological polar surface area (TPSA) is 71.1 Å². The van der Waals surface area contributed by atoms with E-state index >= 15 is 0 Å². The maximum atomic E-state index is 13.5. The Hall–Kier alpha value is -3.42. The molecule has 0 saturated carbocycles. The van der Waals surface area contributed by atoms with Crippen molar-refractivity contribution >= 4 is 22.6 Å². The second kappa shape index (κ2) is 9.21. The molecule has 0 bridgehead atoms. The normalized spacial score (nSPS) is 19.3. The molecule has 2 N–H and O–H groups in total. The van der Waals surface area contributed by atoms with Crippen molar-refractivity contribution in [2.45, 2.75) is 49.9 Å². The van der Waals surface area contributed by atoms with Gasteiger partial charge in [-0.15, -0.1) is 0 Å². The van der Waals surface area contributed by atoms with Gasteiger partial charge < -0.3 is 10.6 Å². The number of rotatable bonds is 7. The minimum absolute atomic E-state index is 0.113. The highest BCUT2D eigenvalue weighted by atomic mass is 19.4. The third kappa shape index (κ3) is 5.50. The zero-order valence-electron chi connectivity index (χ0n) is 17.9. The van der Waals surface area contributed by atoms with Crippen LogP contribution in [0.1, 0.15) is 43.0 Å². The number of carbonyl (C=O) groups is 2. The molecule has 2 heterocycles. The van der Waals surface area contributed by atoms with Gasteiger partial charge in [-0.05, 0) is 47.7 Å². The number of amides is 2. The van der Waals surface area contributed by atoms with Gasteiger partial charge in [0.1, 0.15) is 0 Å². The molecule has 2 amide bonds. The summed E-state index contributed by atoms with van der Waals surface area (Å²) < 4.78 is 40.6. The van der Waals surface area contributed by atoms with E-state index in [4.69, 9.17) is 0 Å². The van der Waals surface area contributed by atoms with Crippen molar-refractivity contribution in [3.05, 3.63) is 78.1 Å². The number of pyridine rings is 1. The van der Waals surface area contributed by atoms with Crippen LogP contribution in [-0.4, -0.2) is 28.5 Å². The smallest absolute Gasteiger partial charge is 0.350 e. The number of aromatic nitrogens is 1. The zero-order chi connectivity index (χ0) is 23.5. The Morgan fingerprint density at radius 3 is 2.52 bits per heavy atom. The summed E-state index contributed by atoms with van der Waals surface area (Å²) in [7, 11) is 0. The molecule has 5 nitrogen and oxygen atoms in total. The first-order valence-corrected chi connectivity index (χ1v) is 10.8. The van der Waals surface area contributed by atoms with Crippen molar-refractivity contribution in [3.63, 3.8) is 0 Å². The summed E-state index contributed by atoms with van der Waals surface area (Å²) >= 11 is 0. The van der Waals surface area contributed by atoms with Crippen LogP contribution in [0.3, 0.4) is 0 Å². The summed E-state index contributed by atoms with van der Waals surface area (Å²) in [6, 6.07) is 16.0. The molecule has 33 heavy (non-hydrogen) atoms. The lowest BCUT2D eigenvalue weighted by atomic mass is 9.84. The van der Waals surface area contributed by atoms with Crippen LogP contribution in [0, 0.1) is 0 Å². The third-order valence-corrected chi connectivity index (χ3v) is 6.04. The van der Waals surface area contributed by atoms with Gasteiger partial charge in [-0.1, -0.05) is 48.5 Å². The van der Waals surface area contributed by atoms with Crippen LogP contribution >= 0.6 is 0 Å². The molecule has 8 heteroatoms. The molecule has 4 rings (SSSR count). The molecule has 1 fully saturated rings. The summed E-state index contributed by atoms with van der Waals surface area (Å²) in [5, 5.41) is 7.22. The van der Waals surface area contributed by atoms with Gasteiger partial charge in [0.25, 0.3) is 0 Å². The maximum absolute atomic E-state index is 13.5. The van der Waals surface area contributed by atoms with Crippen LogP contribution < -0.4 is 10.6 Å². The van der Waals surface area contributed by atoms with Crippen molar-refractivity contribution in [1.82, 2.24) is 15.6 Å². The fourth-order valence-electron chi connectivity index (χ4n) is 4.38. The van der Waals surface area contributed by atoms with Gasteiger partial charge in [0.15, 0.2) is 6.04 Å². The van der Waals surface area contributed by atoms with Gasteiger partial charge in [-0.3, -0.25) is 14.6 Å². The molecule has 1 saturated heterocycles. The van der Waals surface area contributed by atoms with E-state index < -0.39 is 23.7 Å². The number of nitrogens with one attached hydrogen (secondary N) is 2. The van der Waals surface area contributed by atoms with Crippen molar-refractivity contribution in [2.75, 3.05) is 0 Å². The number of alkyl halides is 3. The average Bonchev–Trinajstić information content (AvgIpc) is 3.16. The number of hydrogen-bond acceptors (Lipinski definition) is 3. The molecule has 3 aromatic rings. The van der Waals surface area contributed by atoms with E-state index in [-0.39, 0.29) is 24.4 Å². The summed E-state index contributed by atoms with van der Waals surface area (Å²) in [5.41, 5.74) is 0.0617. The molecule has 0 spiro atoms. The number of halogens is 3. The Balaban J connectivity index is 1.47. The van der Waals surface area contributed by atoms with E-state index in [1.54, 1.807) is 0 Å². The minimum atomic E-state index is -4.67. The van der Waals surface area contributed by atoms with E-state index in [1.165, 1.54) is 24.4 Å². The van der Waals surface area contributed by atoms with E-state index in [9.17, 15) is 22.8 Å². The van der Waals surface area contributed by atoms with E-state index in [2.05, 4.69) is 15.6 Å². The van der Waals surface area contributed by atoms with Crippen LogP contribution in [-0.2, 0) is 16.0 Å². The molecule has 1 aromatic heterocycles. The molecule has 1 aliphatic heterocycles. The number of carbonyl (C=O) groups excluding carboxylic acids is 2. The Morgan fingerprint density at radius 2 is 1.85 bits per heavy atom. The molecule has 0 unspecified atom stereocenters. The van der Waals surface area contributed by atoms with Crippen molar-refractivity contribution in [1.29, 1.82) is 0 Å². The number of benzene rings is 2. The van der Waals surface area contributed by atoms with Gasteiger partial charge in [0.2, 0.25) is 11.8 Å². The van der Waals surface area contributed by atoms with Crippen molar-refractivity contribution < 1.29 is 22.8 Å².